The van der Waals surface area contributed by atoms with E-state index < -0.39 is 11.7 Å². The number of hydrogen-bond acceptors (Lipinski definition) is 0. The zero-order valence-electron chi connectivity index (χ0n) is 7.61. The highest BCUT2D eigenvalue weighted by molar-refractivity contribution is 6.18. The molecule has 0 nitrogen and oxygen atoms in total. The van der Waals surface area contributed by atoms with Crippen LogP contribution in [0.5, 0.6) is 0 Å². The Bertz CT molecular complexity index is 306. The van der Waals surface area contributed by atoms with E-state index in [2.05, 4.69) is 0 Å². The lowest BCUT2D eigenvalue weighted by molar-refractivity contribution is -0.138. The van der Waals surface area contributed by atoms with Gasteiger partial charge in [-0.15, -0.1) is 11.6 Å². The van der Waals surface area contributed by atoms with Crippen LogP contribution in [0.4, 0.5) is 13.2 Å². The van der Waals surface area contributed by atoms with Crippen molar-refractivity contribution in [3.63, 3.8) is 0 Å². The minimum Gasteiger partial charge on any atom is -0.166 e. The standard InChI is InChI=1S/C10H10ClF3/c1-7(6-11)8-4-2-3-5-9(8)10(12,13)14/h2-5,7H,6H2,1H3. The fourth-order valence-corrected chi connectivity index (χ4v) is 1.43. The van der Waals surface area contributed by atoms with Crippen LogP contribution in [-0.2, 0) is 6.18 Å². The molecule has 1 aromatic carbocycles. The molecule has 1 rings (SSSR count). The highest BCUT2D eigenvalue weighted by Crippen LogP contribution is 2.35. The van der Waals surface area contributed by atoms with Gasteiger partial charge in [0.15, 0.2) is 0 Å². The minimum atomic E-state index is -4.29. The van der Waals surface area contributed by atoms with Crippen molar-refractivity contribution in [1.82, 2.24) is 0 Å². The Hall–Kier alpha value is -0.700. The molecule has 0 saturated heterocycles. The Labute approximate surface area is 85.7 Å². The molecule has 0 aromatic heterocycles. The Morgan fingerprint density at radius 2 is 1.86 bits per heavy atom. The molecule has 0 amide bonds. The Kier molecular flexibility index (Phi) is 3.43. The van der Waals surface area contributed by atoms with E-state index in [1.807, 2.05) is 0 Å². The largest absolute Gasteiger partial charge is 0.416 e. The van der Waals surface area contributed by atoms with Gasteiger partial charge in [0.25, 0.3) is 0 Å². The van der Waals surface area contributed by atoms with E-state index in [4.69, 9.17) is 11.6 Å². The normalized spacial score (nSPS) is 14.1. The predicted molar refractivity (Wildman–Crippen MR) is 50.6 cm³/mol. The molecule has 0 aliphatic rings. The molecule has 0 heterocycles. The summed E-state index contributed by atoms with van der Waals surface area (Å²) < 4.78 is 37.5. The second-order valence-electron chi connectivity index (χ2n) is 3.14. The van der Waals surface area contributed by atoms with E-state index in [0.29, 0.717) is 0 Å². The molecule has 0 radical (unpaired) electrons. The summed E-state index contributed by atoms with van der Waals surface area (Å²) >= 11 is 5.54. The molecule has 0 spiro atoms. The number of halogens is 4. The van der Waals surface area contributed by atoms with Gasteiger partial charge in [-0.3, -0.25) is 0 Å². The summed E-state index contributed by atoms with van der Waals surface area (Å²) in [7, 11) is 0. The first kappa shape index (κ1) is 11.4. The average Bonchev–Trinajstić information content (AvgIpc) is 2.15. The highest BCUT2D eigenvalue weighted by Gasteiger charge is 2.33. The van der Waals surface area contributed by atoms with E-state index in [1.54, 1.807) is 13.0 Å². The molecule has 78 valence electrons. The van der Waals surface area contributed by atoms with Crippen molar-refractivity contribution in [1.29, 1.82) is 0 Å². The summed E-state index contributed by atoms with van der Waals surface area (Å²) in [5.41, 5.74) is -0.330. The van der Waals surface area contributed by atoms with Crippen molar-refractivity contribution >= 4 is 11.6 Å². The molecule has 0 N–H and O–H groups in total. The molecule has 14 heavy (non-hydrogen) atoms. The first-order valence-corrected chi connectivity index (χ1v) is 4.72. The van der Waals surface area contributed by atoms with Crippen molar-refractivity contribution in [3.8, 4) is 0 Å². The minimum absolute atomic E-state index is 0.188. The smallest absolute Gasteiger partial charge is 0.166 e. The summed E-state index contributed by atoms with van der Waals surface area (Å²) in [6, 6.07) is 5.52. The maximum atomic E-state index is 12.5. The van der Waals surface area contributed by atoms with E-state index in [-0.39, 0.29) is 17.4 Å². The molecular weight excluding hydrogens is 213 g/mol. The van der Waals surface area contributed by atoms with Gasteiger partial charge in [-0.1, -0.05) is 25.1 Å². The zero-order chi connectivity index (χ0) is 10.8. The van der Waals surface area contributed by atoms with Crippen LogP contribution in [0.15, 0.2) is 24.3 Å². The van der Waals surface area contributed by atoms with Gasteiger partial charge in [-0.25, -0.2) is 0 Å². The molecule has 0 aliphatic heterocycles. The van der Waals surface area contributed by atoms with Crippen LogP contribution in [0.2, 0.25) is 0 Å². The van der Waals surface area contributed by atoms with Gasteiger partial charge in [0.05, 0.1) is 5.56 Å². The van der Waals surface area contributed by atoms with E-state index >= 15 is 0 Å². The molecule has 0 saturated carbocycles. The molecule has 1 unspecified atom stereocenters. The van der Waals surface area contributed by atoms with Gasteiger partial charge in [-0.05, 0) is 17.5 Å². The monoisotopic (exact) mass is 222 g/mol. The summed E-state index contributed by atoms with van der Waals surface area (Å²) in [5, 5.41) is 0. The van der Waals surface area contributed by atoms with Crippen LogP contribution in [0.3, 0.4) is 0 Å². The van der Waals surface area contributed by atoms with Crippen molar-refractivity contribution in [3.05, 3.63) is 35.4 Å². The SMILES string of the molecule is CC(CCl)c1ccccc1C(F)(F)F. The lowest BCUT2D eigenvalue weighted by Gasteiger charge is -2.15. The molecule has 0 bridgehead atoms. The maximum absolute atomic E-state index is 12.5. The average molecular weight is 223 g/mol. The van der Waals surface area contributed by atoms with Crippen LogP contribution < -0.4 is 0 Å². The van der Waals surface area contributed by atoms with Gasteiger partial charge in [0.2, 0.25) is 0 Å². The Morgan fingerprint density at radius 1 is 1.29 bits per heavy atom. The Balaban J connectivity index is 3.16. The maximum Gasteiger partial charge on any atom is 0.416 e. The van der Waals surface area contributed by atoms with Gasteiger partial charge in [0.1, 0.15) is 0 Å². The molecular formula is C10H10ClF3. The van der Waals surface area contributed by atoms with Crippen LogP contribution in [0.1, 0.15) is 24.0 Å². The van der Waals surface area contributed by atoms with Gasteiger partial charge < -0.3 is 0 Å². The van der Waals surface area contributed by atoms with Gasteiger partial charge >= 0.3 is 6.18 Å². The second kappa shape index (κ2) is 4.22. The van der Waals surface area contributed by atoms with Crippen LogP contribution >= 0.6 is 11.6 Å². The lowest BCUT2D eigenvalue weighted by atomic mass is 9.97. The number of hydrogen-bond donors (Lipinski definition) is 0. The van der Waals surface area contributed by atoms with Crippen molar-refractivity contribution in [2.24, 2.45) is 0 Å². The molecule has 1 atom stereocenters. The Morgan fingerprint density at radius 3 is 2.36 bits per heavy atom. The third-order valence-electron chi connectivity index (χ3n) is 2.03. The topological polar surface area (TPSA) is 0 Å². The molecule has 1 aromatic rings. The summed E-state index contributed by atoms with van der Waals surface area (Å²) in [5.74, 6) is -0.0953. The van der Waals surface area contributed by atoms with Crippen molar-refractivity contribution in [2.45, 2.75) is 19.0 Å². The van der Waals surface area contributed by atoms with E-state index in [0.717, 1.165) is 6.07 Å². The number of alkyl halides is 4. The summed E-state index contributed by atoms with van der Waals surface area (Å²) in [6.07, 6.45) is -4.29. The first-order valence-electron chi connectivity index (χ1n) is 4.19. The quantitative estimate of drug-likeness (QED) is 0.663. The second-order valence-corrected chi connectivity index (χ2v) is 3.45. The van der Waals surface area contributed by atoms with Crippen LogP contribution in [-0.4, -0.2) is 5.88 Å². The number of rotatable bonds is 2. The van der Waals surface area contributed by atoms with Crippen molar-refractivity contribution in [2.75, 3.05) is 5.88 Å². The van der Waals surface area contributed by atoms with E-state index in [9.17, 15) is 13.2 Å². The highest BCUT2D eigenvalue weighted by atomic mass is 35.5. The van der Waals surface area contributed by atoms with E-state index in [1.165, 1.54) is 12.1 Å². The summed E-state index contributed by atoms with van der Waals surface area (Å²) in [4.78, 5) is 0. The first-order chi connectivity index (χ1) is 6.46. The van der Waals surface area contributed by atoms with Gasteiger partial charge in [-0.2, -0.15) is 13.2 Å². The van der Waals surface area contributed by atoms with Crippen molar-refractivity contribution < 1.29 is 13.2 Å². The fraction of sp³-hybridized carbons (Fsp3) is 0.400. The summed E-state index contributed by atoms with van der Waals surface area (Å²) in [6.45, 7) is 1.68. The molecule has 4 heteroatoms. The third kappa shape index (κ3) is 2.41. The lowest BCUT2D eigenvalue weighted by Crippen LogP contribution is -2.11. The van der Waals surface area contributed by atoms with Crippen LogP contribution in [0.25, 0.3) is 0 Å². The third-order valence-corrected chi connectivity index (χ3v) is 2.49. The zero-order valence-corrected chi connectivity index (χ0v) is 8.36. The molecule has 0 fully saturated rings. The fourth-order valence-electron chi connectivity index (χ4n) is 1.27. The molecule has 0 aliphatic carbocycles. The van der Waals surface area contributed by atoms with Crippen LogP contribution in [0, 0.1) is 0 Å². The predicted octanol–water partition coefficient (Wildman–Crippen LogP) is 4.05. The van der Waals surface area contributed by atoms with Gasteiger partial charge in [0, 0.05) is 5.88 Å². The number of benzene rings is 1.